The predicted octanol–water partition coefficient (Wildman–Crippen LogP) is 2.68. The van der Waals surface area contributed by atoms with E-state index >= 15 is 0 Å². The van der Waals surface area contributed by atoms with Crippen molar-refractivity contribution in [3.63, 3.8) is 0 Å². The third-order valence-corrected chi connectivity index (χ3v) is 5.86. The van der Waals surface area contributed by atoms with Gasteiger partial charge >= 0.3 is 0 Å². The first-order valence-electron chi connectivity index (χ1n) is 9.45. The van der Waals surface area contributed by atoms with Gasteiger partial charge in [0.15, 0.2) is 5.75 Å². The molecule has 0 bridgehead atoms. The van der Waals surface area contributed by atoms with Crippen molar-refractivity contribution in [2.75, 3.05) is 37.7 Å². The molecule has 2 aromatic rings. The van der Waals surface area contributed by atoms with Crippen molar-refractivity contribution in [1.82, 2.24) is 4.90 Å². The third kappa shape index (κ3) is 2.75. The number of rotatable bonds is 2. The van der Waals surface area contributed by atoms with Crippen LogP contribution in [0.15, 0.2) is 36.4 Å². The Kier molecular flexibility index (Phi) is 4.01. The summed E-state index contributed by atoms with van der Waals surface area (Å²) in [7, 11) is 0. The summed E-state index contributed by atoms with van der Waals surface area (Å²) in [5.41, 5.74) is 3.90. The fourth-order valence-corrected chi connectivity index (χ4v) is 4.34. The summed E-state index contributed by atoms with van der Waals surface area (Å²) in [4.78, 5) is 27.5. The van der Waals surface area contributed by atoms with Crippen molar-refractivity contribution in [2.45, 2.75) is 18.8 Å². The average Bonchev–Trinajstić information content (AvgIpc) is 2.69. The number of amides is 1. The third-order valence-electron chi connectivity index (χ3n) is 5.86. The summed E-state index contributed by atoms with van der Waals surface area (Å²) in [6.45, 7) is 3.49. The number of halogens is 1. The largest absolute Gasteiger partial charge is 0.368 e. The maximum Gasteiger partial charge on any atom is 0.230 e. The van der Waals surface area contributed by atoms with Crippen molar-refractivity contribution in [1.29, 1.82) is 0 Å². The molecule has 1 atom stereocenters. The topological polar surface area (TPSA) is 42.0 Å². The second kappa shape index (κ2) is 6.53. The Hall–Kier alpha value is -2.60. The molecule has 27 heavy (non-hydrogen) atoms. The minimum absolute atomic E-state index is 0.125. The van der Waals surface area contributed by atoms with Crippen LogP contribution in [-0.2, 0) is 22.5 Å². The number of carbonyl (C=O) groups excluding carboxylic acids is 1. The Morgan fingerprint density at radius 3 is 2.70 bits per heavy atom. The standard InChI is InChI=1S/C21H21FN2O3/c22-18-4-1-3-14-16(18)13-17(14)21(25)24-10-8-23(9-11-24)19-5-2-6-20-15(19)7-12-26-27-20/h1-6,17H,7-13H2/t17-/m1/s1. The van der Waals surface area contributed by atoms with Gasteiger partial charge in [0.2, 0.25) is 5.91 Å². The Bertz CT molecular complexity index is 893. The smallest absolute Gasteiger partial charge is 0.230 e. The van der Waals surface area contributed by atoms with Gasteiger partial charge in [0.05, 0.1) is 12.5 Å². The molecule has 2 heterocycles. The molecule has 0 radical (unpaired) electrons. The molecule has 0 aromatic heterocycles. The van der Waals surface area contributed by atoms with E-state index in [9.17, 15) is 9.18 Å². The molecule has 140 valence electrons. The molecule has 6 heteroatoms. The molecule has 1 saturated heterocycles. The quantitative estimate of drug-likeness (QED) is 0.765. The first-order chi connectivity index (χ1) is 13.2. The zero-order chi connectivity index (χ0) is 18.4. The van der Waals surface area contributed by atoms with Gasteiger partial charge in [-0.15, -0.1) is 0 Å². The summed E-state index contributed by atoms with van der Waals surface area (Å²) in [6, 6.07) is 11.0. The number of anilines is 1. The lowest BCUT2D eigenvalue weighted by atomic mass is 9.76. The van der Waals surface area contributed by atoms with Crippen molar-refractivity contribution >= 4 is 11.6 Å². The van der Waals surface area contributed by atoms with Crippen LogP contribution in [-0.4, -0.2) is 43.6 Å². The van der Waals surface area contributed by atoms with Gasteiger partial charge in [-0.1, -0.05) is 18.2 Å². The second-order valence-corrected chi connectivity index (χ2v) is 7.29. The summed E-state index contributed by atoms with van der Waals surface area (Å²) in [5.74, 6) is 0.531. The van der Waals surface area contributed by atoms with Gasteiger partial charge < -0.3 is 14.7 Å². The lowest BCUT2D eigenvalue weighted by Gasteiger charge is -2.40. The van der Waals surface area contributed by atoms with E-state index in [-0.39, 0.29) is 17.6 Å². The van der Waals surface area contributed by atoms with E-state index in [1.54, 1.807) is 6.07 Å². The molecular weight excluding hydrogens is 347 g/mol. The van der Waals surface area contributed by atoms with Crippen LogP contribution in [0.4, 0.5) is 10.1 Å². The van der Waals surface area contributed by atoms with Crippen LogP contribution in [0, 0.1) is 5.82 Å². The molecule has 1 fully saturated rings. The minimum atomic E-state index is -0.193. The molecule has 1 aliphatic carbocycles. The molecule has 0 unspecified atom stereocenters. The van der Waals surface area contributed by atoms with Gasteiger partial charge in [-0.2, -0.15) is 4.89 Å². The Morgan fingerprint density at radius 1 is 1.04 bits per heavy atom. The SMILES string of the molecule is O=C([C@@H]1Cc2c(F)cccc21)N1CCN(c2cccc3c2CCOO3)CC1. The molecule has 0 N–H and O–H groups in total. The van der Waals surface area contributed by atoms with Gasteiger partial charge in [0, 0.05) is 43.9 Å². The van der Waals surface area contributed by atoms with Crippen LogP contribution in [0.5, 0.6) is 5.75 Å². The first-order valence-corrected chi connectivity index (χ1v) is 9.45. The molecule has 2 aliphatic heterocycles. The van der Waals surface area contributed by atoms with Crippen LogP contribution in [0.3, 0.4) is 0 Å². The lowest BCUT2D eigenvalue weighted by molar-refractivity contribution is -0.215. The van der Waals surface area contributed by atoms with E-state index in [0.29, 0.717) is 31.7 Å². The molecule has 5 nitrogen and oxygen atoms in total. The number of hydrogen-bond donors (Lipinski definition) is 0. The highest BCUT2D eigenvalue weighted by molar-refractivity contribution is 5.87. The Balaban J connectivity index is 1.27. The number of benzene rings is 2. The number of fused-ring (bicyclic) bond motifs is 2. The number of piperazine rings is 1. The van der Waals surface area contributed by atoms with Crippen molar-refractivity contribution in [2.24, 2.45) is 0 Å². The highest BCUT2D eigenvalue weighted by Gasteiger charge is 2.37. The van der Waals surface area contributed by atoms with E-state index < -0.39 is 0 Å². The zero-order valence-corrected chi connectivity index (χ0v) is 15.0. The molecule has 0 saturated carbocycles. The van der Waals surface area contributed by atoms with E-state index in [1.165, 1.54) is 17.3 Å². The normalized spacial score (nSPS) is 21.0. The van der Waals surface area contributed by atoms with E-state index in [0.717, 1.165) is 30.8 Å². The van der Waals surface area contributed by atoms with Gasteiger partial charge in [-0.25, -0.2) is 4.39 Å². The van der Waals surface area contributed by atoms with Crippen LogP contribution in [0.25, 0.3) is 0 Å². The number of hydrogen-bond acceptors (Lipinski definition) is 4. The summed E-state index contributed by atoms with van der Waals surface area (Å²) >= 11 is 0. The Labute approximate surface area is 157 Å². The van der Waals surface area contributed by atoms with Gasteiger partial charge in [-0.05, 0) is 35.7 Å². The van der Waals surface area contributed by atoms with E-state index in [4.69, 9.17) is 9.78 Å². The fraction of sp³-hybridized carbons (Fsp3) is 0.381. The molecule has 3 aliphatic rings. The maximum atomic E-state index is 13.7. The maximum absolute atomic E-state index is 13.7. The summed E-state index contributed by atoms with van der Waals surface area (Å²) in [6.07, 6.45) is 1.35. The fourth-order valence-electron chi connectivity index (χ4n) is 4.34. The Morgan fingerprint density at radius 2 is 1.85 bits per heavy atom. The monoisotopic (exact) mass is 368 g/mol. The van der Waals surface area contributed by atoms with E-state index in [2.05, 4.69) is 11.0 Å². The summed E-state index contributed by atoms with van der Waals surface area (Å²) in [5, 5.41) is 0. The highest BCUT2D eigenvalue weighted by Crippen LogP contribution is 2.38. The van der Waals surface area contributed by atoms with Crippen molar-refractivity contribution < 1.29 is 19.0 Å². The predicted molar refractivity (Wildman–Crippen MR) is 98.4 cm³/mol. The van der Waals surface area contributed by atoms with Crippen LogP contribution < -0.4 is 9.79 Å². The number of carbonyl (C=O) groups is 1. The summed E-state index contributed by atoms with van der Waals surface area (Å²) < 4.78 is 13.7. The molecular formula is C21H21FN2O3. The van der Waals surface area contributed by atoms with Crippen LogP contribution >= 0.6 is 0 Å². The minimum Gasteiger partial charge on any atom is -0.368 e. The zero-order valence-electron chi connectivity index (χ0n) is 15.0. The van der Waals surface area contributed by atoms with Gasteiger partial charge in [0.1, 0.15) is 5.82 Å². The van der Waals surface area contributed by atoms with E-state index in [1.807, 2.05) is 23.1 Å². The molecule has 0 spiro atoms. The first kappa shape index (κ1) is 16.6. The highest BCUT2D eigenvalue weighted by atomic mass is 19.1. The van der Waals surface area contributed by atoms with Crippen molar-refractivity contribution in [3.8, 4) is 5.75 Å². The second-order valence-electron chi connectivity index (χ2n) is 7.29. The van der Waals surface area contributed by atoms with Gasteiger partial charge in [-0.3, -0.25) is 4.79 Å². The molecule has 2 aromatic carbocycles. The average molecular weight is 368 g/mol. The van der Waals surface area contributed by atoms with Crippen LogP contribution in [0.2, 0.25) is 0 Å². The number of nitrogens with zero attached hydrogens (tertiary/aromatic N) is 2. The molecule has 5 rings (SSSR count). The van der Waals surface area contributed by atoms with Crippen LogP contribution in [0.1, 0.15) is 22.6 Å². The van der Waals surface area contributed by atoms with Crippen molar-refractivity contribution in [3.05, 3.63) is 58.9 Å². The van der Waals surface area contributed by atoms with Gasteiger partial charge in [0.25, 0.3) is 0 Å². The molecule has 1 amide bonds. The lowest BCUT2D eigenvalue weighted by Crippen LogP contribution is -2.51.